The molecule has 1 aromatic heterocycles. The smallest absolute Gasteiger partial charge is 0.422 e. The zero-order valence-corrected chi connectivity index (χ0v) is 15.7. The van der Waals surface area contributed by atoms with Crippen LogP contribution in [0.4, 0.5) is 13.2 Å². The molecule has 2 N–H and O–H groups in total. The van der Waals surface area contributed by atoms with Gasteiger partial charge in [0.05, 0.1) is 6.54 Å². The Labute approximate surface area is 159 Å². The number of guanidine groups is 1. The third kappa shape index (κ3) is 8.09. The van der Waals surface area contributed by atoms with Crippen LogP contribution in [0.3, 0.4) is 0 Å². The number of alkyl halides is 3. The molecule has 0 aliphatic carbocycles. The summed E-state index contributed by atoms with van der Waals surface area (Å²) in [5, 5.41) is 9.91. The lowest BCUT2D eigenvalue weighted by Crippen LogP contribution is -2.36. The molecule has 1 aromatic carbocycles. The van der Waals surface area contributed by atoms with Crippen molar-refractivity contribution in [2.45, 2.75) is 19.3 Å². The van der Waals surface area contributed by atoms with Gasteiger partial charge in [-0.3, -0.25) is 4.99 Å². The summed E-state index contributed by atoms with van der Waals surface area (Å²) in [6.45, 7) is -0.387. The van der Waals surface area contributed by atoms with Gasteiger partial charge in [-0.2, -0.15) is 13.2 Å². The molecule has 0 aliphatic heterocycles. The zero-order valence-electron chi connectivity index (χ0n) is 13.3. The number of hydrogen-bond donors (Lipinski definition) is 2. The van der Waals surface area contributed by atoms with Crippen LogP contribution in [0.25, 0.3) is 0 Å². The van der Waals surface area contributed by atoms with Gasteiger partial charge >= 0.3 is 6.18 Å². The first-order valence-corrected chi connectivity index (χ1v) is 7.08. The maximum atomic E-state index is 12.1. The summed E-state index contributed by atoms with van der Waals surface area (Å²) in [4.78, 5) is 4.06. The Balaban J connectivity index is 0.00000312. The van der Waals surface area contributed by atoms with Gasteiger partial charge in [-0.25, -0.2) is 0 Å². The van der Waals surface area contributed by atoms with Crippen LogP contribution >= 0.6 is 24.0 Å². The predicted molar refractivity (Wildman–Crippen MR) is 96.9 cm³/mol. The largest absolute Gasteiger partial charge is 0.484 e. The molecular weight excluding hydrogens is 452 g/mol. The predicted octanol–water partition coefficient (Wildman–Crippen LogP) is 3.10. The molecule has 2 aromatic rings. The lowest BCUT2D eigenvalue weighted by atomic mass is 10.2. The number of nitrogens with zero attached hydrogens (tertiary/aromatic N) is 2. The quantitative estimate of drug-likeness (QED) is 0.386. The second-order valence-corrected chi connectivity index (χ2v) is 4.82. The Hall–Kier alpha value is -1.98. The molecule has 138 valence electrons. The van der Waals surface area contributed by atoms with Crippen molar-refractivity contribution in [3.05, 3.63) is 47.9 Å². The summed E-state index contributed by atoms with van der Waals surface area (Å²) in [5.74, 6) is 0.736. The lowest BCUT2D eigenvalue weighted by molar-refractivity contribution is -0.153. The van der Waals surface area contributed by atoms with E-state index in [9.17, 15) is 13.2 Å². The van der Waals surface area contributed by atoms with Crippen molar-refractivity contribution < 1.29 is 22.4 Å². The first-order valence-electron chi connectivity index (χ1n) is 7.08. The van der Waals surface area contributed by atoms with Crippen LogP contribution in [-0.2, 0) is 13.1 Å². The van der Waals surface area contributed by atoms with E-state index in [1.54, 1.807) is 25.2 Å². The molecule has 2 rings (SSSR count). The van der Waals surface area contributed by atoms with Crippen molar-refractivity contribution in [2.24, 2.45) is 4.99 Å². The van der Waals surface area contributed by atoms with E-state index in [1.807, 2.05) is 0 Å². The van der Waals surface area contributed by atoms with E-state index in [0.29, 0.717) is 19.0 Å². The minimum atomic E-state index is -4.35. The molecule has 0 aliphatic rings. The van der Waals surface area contributed by atoms with Crippen LogP contribution in [0.5, 0.6) is 5.75 Å². The molecule has 0 radical (unpaired) electrons. The van der Waals surface area contributed by atoms with Crippen LogP contribution in [0, 0.1) is 0 Å². The number of nitrogens with one attached hydrogen (secondary N) is 2. The summed E-state index contributed by atoms with van der Waals surface area (Å²) < 4.78 is 45.6. The van der Waals surface area contributed by atoms with Gasteiger partial charge in [0.1, 0.15) is 17.7 Å². The van der Waals surface area contributed by atoms with Gasteiger partial charge in [-0.1, -0.05) is 17.3 Å². The molecule has 0 spiro atoms. The molecule has 0 unspecified atom stereocenters. The Morgan fingerprint density at radius 2 is 1.84 bits per heavy atom. The molecule has 0 saturated carbocycles. The third-order valence-corrected chi connectivity index (χ3v) is 2.94. The molecule has 25 heavy (non-hydrogen) atoms. The first-order chi connectivity index (χ1) is 11.5. The fraction of sp³-hybridized carbons (Fsp3) is 0.333. The lowest BCUT2D eigenvalue weighted by Gasteiger charge is -2.12. The van der Waals surface area contributed by atoms with Crippen LogP contribution in [-0.4, -0.2) is 30.9 Å². The summed E-state index contributed by atoms with van der Waals surface area (Å²) >= 11 is 0. The Morgan fingerprint density at radius 3 is 2.40 bits per heavy atom. The molecule has 0 bridgehead atoms. The molecule has 0 atom stereocenters. The molecule has 0 fully saturated rings. The maximum Gasteiger partial charge on any atom is 0.422 e. The topological polar surface area (TPSA) is 71.7 Å². The highest BCUT2D eigenvalue weighted by molar-refractivity contribution is 14.0. The second-order valence-electron chi connectivity index (χ2n) is 4.82. The summed E-state index contributed by atoms with van der Waals surface area (Å²) in [5.41, 5.74) is 1.61. The number of aliphatic imine (C=N–C) groups is 1. The highest BCUT2D eigenvalue weighted by Crippen LogP contribution is 2.18. The van der Waals surface area contributed by atoms with Crippen LogP contribution in [0.15, 0.2) is 46.1 Å². The van der Waals surface area contributed by atoms with Gasteiger partial charge in [0.15, 0.2) is 12.6 Å². The van der Waals surface area contributed by atoms with Gasteiger partial charge in [-0.05, 0) is 17.7 Å². The van der Waals surface area contributed by atoms with Crippen molar-refractivity contribution in [3.63, 3.8) is 0 Å². The molecule has 0 amide bonds. The van der Waals surface area contributed by atoms with E-state index in [4.69, 9.17) is 4.52 Å². The van der Waals surface area contributed by atoms with E-state index in [2.05, 4.69) is 25.5 Å². The number of ether oxygens (including phenoxy) is 1. The summed E-state index contributed by atoms with van der Waals surface area (Å²) in [6, 6.07) is 8.09. The highest BCUT2D eigenvalue weighted by atomic mass is 127. The average molecular weight is 470 g/mol. The number of halogens is 4. The van der Waals surface area contributed by atoms with Crippen molar-refractivity contribution in [1.29, 1.82) is 0 Å². The Kier molecular flexibility index (Phi) is 8.52. The highest BCUT2D eigenvalue weighted by Gasteiger charge is 2.28. The summed E-state index contributed by atoms with van der Waals surface area (Å²) in [6.07, 6.45) is -2.86. The van der Waals surface area contributed by atoms with Gasteiger partial charge in [0, 0.05) is 19.7 Å². The third-order valence-electron chi connectivity index (χ3n) is 2.94. The monoisotopic (exact) mass is 470 g/mol. The molecule has 6 nitrogen and oxygen atoms in total. The van der Waals surface area contributed by atoms with Gasteiger partial charge in [0.2, 0.25) is 0 Å². The Morgan fingerprint density at radius 1 is 1.16 bits per heavy atom. The van der Waals surface area contributed by atoms with E-state index in [-0.39, 0.29) is 29.7 Å². The summed E-state index contributed by atoms with van der Waals surface area (Å²) in [7, 11) is 1.63. The average Bonchev–Trinajstić information content (AvgIpc) is 3.07. The first kappa shape index (κ1) is 21.1. The van der Waals surface area contributed by atoms with E-state index >= 15 is 0 Å². The fourth-order valence-corrected chi connectivity index (χ4v) is 1.78. The SMILES string of the molecule is CN=C(NCc1ccc(OCC(F)(F)F)cc1)NCc1ccon1.I. The van der Waals surface area contributed by atoms with Crippen LogP contribution in [0.2, 0.25) is 0 Å². The standard InChI is InChI=1S/C15H17F3N4O2.HI/c1-19-14(21-9-12-6-7-24-22-12)20-8-11-2-4-13(5-3-11)23-10-15(16,17)18;/h2-7H,8-10H2,1H3,(H2,19,20,21);1H. The minimum Gasteiger partial charge on any atom is -0.484 e. The van der Waals surface area contributed by atoms with Gasteiger partial charge in [0.25, 0.3) is 0 Å². The number of aromatic nitrogens is 1. The minimum absolute atomic E-state index is 0. The van der Waals surface area contributed by atoms with Crippen molar-refractivity contribution in [2.75, 3.05) is 13.7 Å². The van der Waals surface area contributed by atoms with Crippen molar-refractivity contribution in [3.8, 4) is 5.75 Å². The molecule has 10 heteroatoms. The Bertz CT molecular complexity index is 646. The maximum absolute atomic E-state index is 12.1. The normalized spacial score (nSPS) is 11.6. The number of rotatable bonds is 6. The number of hydrogen-bond acceptors (Lipinski definition) is 4. The second kappa shape index (κ2) is 10.1. The van der Waals surface area contributed by atoms with E-state index in [1.165, 1.54) is 18.4 Å². The fourth-order valence-electron chi connectivity index (χ4n) is 1.78. The molecule has 1 heterocycles. The van der Waals surface area contributed by atoms with Crippen molar-refractivity contribution >= 4 is 29.9 Å². The van der Waals surface area contributed by atoms with Crippen LogP contribution < -0.4 is 15.4 Å². The van der Waals surface area contributed by atoms with Crippen molar-refractivity contribution in [1.82, 2.24) is 15.8 Å². The van der Waals surface area contributed by atoms with E-state index in [0.717, 1.165) is 11.3 Å². The van der Waals surface area contributed by atoms with Gasteiger partial charge in [-0.15, -0.1) is 24.0 Å². The van der Waals surface area contributed by atoms with Gasteiger partial charge < -0.3 is 19.9 Å². The number of benzene rings is 1. The zero-order chi connectivity index (χ0) is 17.4. The molecule has 0 saturated heterocycles. The molecular formula is C15H18F3IN4O2. The van der Waals surface area contributed by atoms with E-state index < -0.39 is 12.8 Å². The van der Waals surface area contributed by atoms with Crippen LogP contribution in [0.1, 0.15) is 11.3 Å².